The zero-order valence-electron chi connectivity index (χ0n) is 24.5. The van der Waals surface area contributed by atoms with Crippen LogP contribution in [-0.2, 0) is 19.1 Å². The highest BCUT2D eigenvalue weighted by Gasteiger charge is 2.38. The van der Waals surface area contributed by atoms with Crippen LogP contribution in [-0.4, -0.2) is 25.2 Å². The Morgan fingerprint density at radius 3 is 1.28 bits per heavy atom. The lowest BCUT2D eigenvalue weighted by Gasteiger charge is -2.29. The van der Waals surface area contributed by atoms with Gasteiger partial charge in [-0.1, -0.05) is 118 Å². The third-order valence-corrected chi connectivity index (χ3v) is 8.16. The van der Waals surface area contributed by atoms with Crippen LogP contribution in [0.15, 0.2) is 0 Å². The fraction of sp³-hybridized carbons (Fsp3) is 0.938. The van der Waals surface area contributed by atoms with Gasteiger partial charge in [-0.25, -0.2) is 0 Å². The molecular formula is C32H60O4. The molecule has 0 aromatic carbocycles. The Morgan fingerprint density at radius 1 is 0.556 bits per heavy atom. The molecule has 0 N–H and O–H groups in total. The van der Waals surface area contributed by atoms with Gasteiger partial charge in [0.05, 0.1) is 25.0 Å². The molecule has 4 unspecified atom stereocenters. The van der Waals surface area contributed by atoms with Crippen LogP contribution in [0.3, 0.4) is 0 Å². The van der Waals surface area contributed by atoms with Crippen LogP contribution in [0.5, 0.6) is 0 Å². The number of hydrogen-bond donors (Lipinski definition) is 0. The molecular weight excluding hydrogens is 448 g/mol. The minimum atomic E-state index is -0.322. The van der Waals surface area contributed by atoms with Crippen LogP contribution in [0.2, 0.25) is 0 Å². The van der Waals surface area contributed by atoms with Crippen LogP contribution in [0.25, 0.3) is 0 Å². The normalized spacial score (nSPS) is 19.6. The van der Waals surface area contributed by atoms with Crippen molar-refractivity contribution in [1.29, 1.82) is 0 Å². The van der Waals surface area contributed by atoms with E-state index in [0.717, 1.165) is 51.4 Å². The molecule has 1 fully saturated rings. The van der Waals surface area contributed by atoms with Crippen LogP contribution >= 0.6 is 0 Å². The van der Waals surface area contributed by atoms with E-state index in [1.807, 2.05) is 0 Å². The fourth-order valence-corrected chi connectivity index (χ4v) is 5.64. The Bertz CT molecular complexity index is 498. The largest absolute Gasteiger partial charge is 0.465 e. The Labute approximate surface area is 224 Å². The van der Waals surface area contributed by atoms with Crippen LogP contribution in [0, 0.1) is 23.7 Å². The van der Waals surface area contributed by atoms with Gasteiger partial charge >= 0.3 is 11.9 Å². The quantitative estimate of drug-likeness (QED) is 0.108. The number of rotatable bonds is 22. The summed E-state index contributed by atoms with van der Waals surface area (Å²) in [6, 6.07) is 0. The van der Waals surface area contributed by atoms with Gasteiger partial charge in [0.2, 0.25) is 0 Å². The van der Waals surface area contributed by atoms with Gasteiger partial charge in [0, 0.05) is 0 Å². The molecule has 4 nitrogen and oxygen atoms in total. The van der Waals surface area contributed by atoms with E-state index in [2.05, 4.69) is 27.7 Å². The van der Waals surface area contributed by atoms with Gasteiger partial charge in [0.15, 0.2) is 0 Å². The smallest absolute Gasteiger partial charge is 0.309 e. The lowest BCUT2D eigenvalue weighted by molar-refractivity contribution is -0.164. The second kappa shape index (κ2) is 22.0. The van der Waals surface area contributed by atoms with Crippen molar-refractivity contribution in [3.63, 3.8) is 0 Å². The first kappa shape index (κ1) is 33.0. The summed E-state index contributed by atoms with van der Waals surface area (Å²) in [4.78, 5) is 26.2. The van der Waals surface area contributed by atoms with E-state index < -0.39 is 0 Å². The maximum Gasteiger partial charge on any atom is 0.309 e. The summed E-state index contributed by atoms with van der Waals surface area (Å²) >= 11 is 0. The van der Waals surface area contributed by atoms with Crippen LogP contribution in [0.1, 0.15) is 156 Å². The van der Waals surface area contributed by atoms with Crippen molar-refractivity contribution in [3.8, 4) is 0 Å². The van der Waals surface area contributed by atoms with E-state index in [9.17, 15) is 9.59 Å². The van der Waals surface area contributed by atoms with Gasteiger partial charge in [0.25, 0.3) is 0 Å². The topological polar surface area (TPSA) is 52.6 Å². The Morgan fingerprint density at radius 2 is 0.917 bits per heavy atom. The Hall–Kier alpha value is -1.06. The van der Waals surface area contributed by atoms with Crippen molar-refractivity contribution in [2.45, 2.75) is 156 Å². The van der Waals surface area contributed by atoms with E-state index in [1.165, 1.54) is 77.0 Å². The van der Waals surface area contributed by atoms with E-state index in [-0.39, 0.29) is 23.8 Å². The molecule has 36 heavy (non-hydrogen) atoms. The minimum Gasteiger partial charge on any atom is -0.465 e. The van der Waals surface area contributed by atoms with Crippen molar-refractivity contribution < 1.29 is 19.1 Å². The molecule has 1 saturated carbocycles. The highest BCUT2D eigenvalue weighted by molar-refractivity contribution is 5.82. The molecule has 4 atom stereocenters. The number of esters is 2. The molecule has 0 bridgehead atoms. The summed E-state index contributed by atoms with van der Waals surface area (Å²) in [5.74, 6) is -0.0604. The molecule has 212 valence electrons. The fourth-order valence-electron chi connectivity index (χ4n) is 5.64. The third kappa shape index (κ3) is 14.6. The summed E-state index contributed by atoms with van der Waals surface area (Å²) in [7, 11) is 0. The lowest BCUT2D eigenvalue weighted by Crippen LogP contribution is -2.36. The molecule has 0 heterocycles. The molecule has 0 radical (unpaired) electrons. The first-order chi connectivity index (χ1) is 17.6. The Balaban J connectivity index is 2.59. The second-order valence-corrected chi connectivity index (χ2v) is 11.5. The van der Waals surface area contributed by atoms with Crippen molar-refractivity contribution in [1.82, 2.24) is 0 Å². The monoisotopic (exact) mass is 508 g/mol. The van der Waals surface area contributed by atoms with Gasteiger partial charge in [-0.2, -0.15) is 0 Å². The van der Waals surface area contributed by atoms with Gasteiger partial charge < -0.3 is 9.47 Å². The highest BCUT2D eigenvalue weighted by atomic mass is 16.5. The van der Waals surface area contributed by atoms with Crippen molar-refractivity contribution in [2.75, 3.05) is 13.2 Å². The van der Waals surface area contributed by atoms with E-state index in [0.29, 0.717) is 25.0 Å². The molecule has 0 spiro atoms. The maximum atomic E-state index is 13.1. The Kier molecular flexibility index (Phi) is 20.1. The van der Waals surface area contributed by atoms with Crippen LogP contribution < -0.4 is 0 Å². The predicted molar refractivity (Wildman–Crippen MR) is 151 cm³/mol. The molecule has 1 aliphatic rings. The second-order valence-electron chi connectivity index (χ2n) is 11.5. The van der Waals surface area contributed by atoms with Gasteiger partial charge in [0.1, 0.15) is 0 Å². The molecule has 0 saturated heterocycles. The van der Waals surface area contributed by atoms with E-state index in [4.69, 9.17) is 9.47 Å². The summed E-state index contributed by atoms with van der Waals surface area (Å²) in [6.45, 7) is 9.94. The molecule has 0 aliphatic heterocycles. The van der Waals surface area contributed by atoms with Gasteiger partial charge in [-0.15, -0.1) is 0 Å². The summed E-state index contributed by atoms with van der Waals surface area (Å²) in [6.07, 6.45) is 22.8. The molecule has 1 rings (SSSR count). The number of carbonyl (C=O) groups is 2. The summed E-state index contributed by atoms with van der Waals surface area (Å²) < 4.78 is 11.8. The predicted octanol–water partition coefficient (Wildman–Crippen LogP) is 9.43. The number of carbonyl (C=O) groups excluding carboxylic acids is 2. The summed E-state index contributed by atoms with van der Waals surface area (Å²) in [5.41, 5.74) is 0. The third-order valence-electron chi connectivity index (χ3n) is 8.16. The first-order valence-corrected chi connectivity index (χ1v) is 15.9. The van der Waals surface area contributed by atoms with Crippen LogP contribution in [0.4, 0.5) is 0 Å². The number of hydrogen-bond acceptors (Lipinski definition) is 4. The van der Waals surface area contributed by atoms with Gasteiger partial charge in [-0.3, -0.25) is 9.59 Å². The molecule has 0 aromatic heterocycles. The molecule has 4 heteroatoms. The summed E-state index contributed by atoms with van der Waals surface area (Å²) in [5, 5.41) is 0. The van der Waals surface area contributed by atoms with Crippen molar-refractivity contribution in [3.05, 3.63) is 0 Å². The molecule has 1 aliphatic carbocycles. The number of unbranched alkanes of at least 4 members (excludes halogenated alkanes) is 8. The van der Waals surface area contributed by atoms with E-state index in [1.54, 1.807) is 0 Å². The SMILES string of the molecule is CCCCCCC(CCCC)COC(=O)C1CCCCC1C(=O)OCC(CCCC)CCCCCC. The van der Waals surface area contributed by atoms with E-state index >= 15 is 0 Å². The van der Waals surface area contributed by atoms with Crippen molar-refractivity contribution in [2.24, 2.45) is 23.7 Å². The zero-order valence-corrected chi connectivity index (χ0v) is 24.5. The molecule has 0 amide bonds. The average Bonchev–Trinajstić information content (AvgIpc) is 2.90. The minimum absolute atomic E-state index is 0.159. The first-order valence-electron chi connectivity index (χ1n) is 15.9. The maximum absolute atomic E-state index is 13.1. The van der Waals surface area contributed by atoms with Crippen molar-refractivity contribution >= 4 is 11.9 Å². The molecule has 0 aromatic rings. The number of ether oxygens (including phenoxy) is 2. The van der Waals surface area contributed by atoms with Gasteiger partial charge in [-0.05, 0) is 50.4 Å². The zero-order chi connectivity index (χ0) is 26.4. The average molecular weight is 509 g/mol. The standard InChI is InChI=1S/C32H60O4/c1-5-9-13-15-21-27(19-11-7-3)25-35-31(33)29-23-17-18-24-30(29)32(34)36-26-28(20-12-8-4)22-16-14-10-6-2/h27-30H,5-26H2,1-4H3. The highest BCUT2D eigenvalue weighted by Crippen LogP contribution is 2.33. The lowest BCUT2D eigenvalue weighted by atomic mass is 9.79.